The molecule has 0 radical (unpaired) electrons. The first kappa shape index (κ1) is 20.9. The van der Waals surface area contributed by atoms with Crippen molar-refractivity contribution >= 4 is 45.1 Å². The van der Waals surface area contributed by atoms with E-state index in [-0.39, 0.29) is 13.2 Å². The maximum atomic E-state index is 12.4. The first-order valence-corrected chi connectivity index (χ1v) is 11.5. The van der Waals surface area contributed by atoms with Crippen LogP contribution in [0.5, 0.6) is 5.75 Å². The standard InChI is InChI=1S/C23H23FN2O2S2/c1-2-25-18-6-3-4-7-20(18)29-22(25)8-5-9-23-26(13-14-27)19-11-10-17(28-15-12-24)16-21(19)30-23/h3-11,16H,2,12-15H2,1H3/i24-1. The van der Waals surface area contributed by atoms with Gasteiger partial charge in [0.1, 0.15) is 30.3 Å². The molecule has 0 saturated heterocycles. The van der Waals surface area contributed by atoms with Gasteiger partial charge in [-0.3, -0.25) is 0 Å². The number of thiazole rings is 1. The van der Waals surface area contributed by atoms with Crippen molar-refractivity contribution in [3.05, 3.63) is 64.7 Å². The zero-order valence-corrected chi connectivity index (χ0v) is 18.3. The van der Waals surface area contributed by atoms with E-state index in [0.29, 0.717) is 12.3 Å². The Morgan fingerprint density at radius 2 is 2.10 bits per heavy atom. The van der Waals surface area contributed by atoms with E-state index < -0.39 is 6.67 Å². The third kappa shape index (κ3) is 4.24. The van der Waals surface area contributed by atoms with E-state index in [9.17, 15) is 9.50 Å². The van der Waals surface area contributed by atoms with Crippen molar-refractivity contribution in [2.45, 2.75) is 18.4 Å². The molecule has 0 N–H and O–H groups in total. The van der Waals surface area contributed by atoms with E-state index in [0.717, 1.165) is 21.8 Å². The number of anilines is 1. The number of thioether (sulfide) groups is 1. The van der Waals surface area contributed by atoms with E-state index >= 15 is 0 Å². The maximum Gasteiger partial charge on any atom is 0.262 e. The number of alkyl halides is 1. The molecule has 2 heterocycles. The van der Waals surface area contributed by atoms with Crippen molar-refractivity contribution in [3.8, 4) is 5.75 Å². The lowest BCUT2D eigenvalue weighted by Crippen LogP contribution is -2.39. The molecule has 0 unspecified atom stereocenters. The van der Waals surface area contributed by atoms with Crippen molar-refractivity contribution in [3.63, 3.8) is 0 Å². The summed E-state index contributed by atoms with van der Waals surface area (Å²) in [6, 6.07) is 14.1. The quantitative estimate of drug-likeness (QED) is 0.486. The van der Waals surface area contributed by atoms with E-state index in [2.05, 4.69) is 42.2 Å². The summed E-state index contributed by atoms with van der Waals surface area (Å²) in [6.45, 7) is 2.81. The summed E-state index contributed by atoms with van der Waals surface area (Å²) in [6.07, 6.45) is 6.21. The molecule has 4 nitrogen and oxygen atoms in total. The van der Waals surface area contributed by atoms with Gasteiger partial charge in [0.15, 0.2) is 0 Å². The second-order valence-corrected chi connectivity index (χ2v) is 8.77. The van der Waals surface area contributed by atoms with Gasteiger partial charge in [0.25, 0.3) is 5.01 Å². The van der Waals surface area contributed by atoms with Crippen LogP contribution in [0.15, 0.2) is 64.5 Å². The lowest BCUT2D eigenvalue weighted by molar-refractivity contribution is -0.685. The molecular weight excluding hydrogens is 418 g/mol. The molecule has 2 aromatic carbocycles. The Morgan fingerprint density at radius 3 is 2.90 bits per heavy atom. The van der Waals surface area contributed by atoms with Gasteiger partial charge in [-0.15, -0.1) is 0 Å². The number of benzene rings is 2. The monoisotopic (exact) mass is 441 g/mol. The number of para-hydroxylation sites is 1. The summed E-state index contributed by atoms with van der Waals surface area (Å²) < 4.78 is 20.8. The van der Waals surface area contributed by atoms with Crippen molar-refractivity contribution in [2.24, 2.45) is 0 Å². The topological polar surface area (TPSA) is 39.4 Å². The van der Waals surface area contributed by atoms with Crippen LogP contribution in [-0.2, 0) is 6.54 Å². The fourth-order valence-corrected chi connectivity index (χ4v) is 5.76. The summed E-state index contributed by atoms with van der Waals surface area (Å²) in [7, 11) is 0. The van der Waals surface area contributed by atoms with Crippen molar-refractivity contribution < 1.29 is 18.8 Å². The van der Waals surface area contributed by atoms with Gasteiger partial charge in [-0.1, -0.05) is 47.9 Å². The average molecular weight is 442 g/mol. The average Bonchev–Trinajstić information content (AvgIpc) is 3.29. The molecule has 0 aliphatic carbocycles. The highest BCUT2D eigenvalue weighted by Gasteiger charge is 2.23. The van der Waals surface area contributed by atoms with Gasteiger partial charge in [0.05, 0.1) is 10.7 Å². The molecule has 0 spiro atoms. The zero-order valence-electron chi connectivity index (χ0n) is 16.7. The van der Waals surface area contributed by atoms with Crippen LogP contribution >= 0.6 is 23.1 Å². The fraction of sp³-hybridized carbons (Fsp3) is 0.261. The molecule has 1 aromatic heterocycles. The Labute approximate surface area is 183 Å². The second kappa shape index (κ2) is 9.64. The Balaban J connectivity index is 1.62. The minimum Gasteiger partial charge on any atom is -0.850 e. The van der Waals surface area contributed by atoms with Crippen LogP contribution in [0.4, 0.5) is 10.1 Å². The second-order valence-electron chi connectivity index (χ2n) is 6.64. The highest BCUT2D eigenvalue weighted by Crippen LogP contribution is 2.45. The molecular formula is C23H23FN2O2S2. The van der Waals surface area contributed by atoms with E-state index in [1.54, 1.807) is 23.1 Å². The molecule has 0 amide bonds. The minimum absolute atomic E-state index is 0.0474. The third-order valence-electron chi connectivity index (χ3n) is 4.79. The number of allylic oxidation sites excluding steroid dienone is 2. The van der Waals surface area contributed by atoms with Gasteiger partial charge in [-0.05, 0) is 31.2 Å². The molecule has 156 valence electrons. The lowest BCUT2D eigenvalue weighted by Gasteiger charge is -2.17. The Morgan fingerprint density at radius 1 is 1.23 bits per heavy atom. The zero-order chi connectivity index (χ0) is 20.9. The summed E-state index contributed by atoms with van der Waals surface area (Å²) >= 11 is 3.37. The summed E-state index contributed by atoms with van der Waals surface area (Å²) in [5.41, 5.74) is 2.24. The van der Waals surface area contributed by atoms with Crippen LogP contribution in [0.3, 0.4) is 0 Å². The van der Waals surface area contributed by atoms with E-state index in [1.807, 2.05) is 34.9 Å². The normalized spacial score (nSPS) is 14.9. The number of nitrogens with zero attached hydrogens (tertiary/aromatic N) is 2. The molecule has 30 heavy (non-hydrogen) atoms. The third-order valence-corrected chi connectivity index (χ3v) is 7.04. The van der Waals surface area contributed by atoms with Gasteiger partial charge >= 0.3 is 0 Å². The first-order chi connectivity index (χ1) is 14.7. The number of hydrogen-bond acceptors (Lipinski definition) is 5. The van der Waals surface area contributed by atoms with Crippen LogP contribution < -0.4 is 19.3 Å². The van der Waals surface area contributed by atoms with Crippen LogP contribution in [-0.4, -0.2) is 26.4 Å². The molecule has 1 aliphatic rings. The number of halogens is 1. The van der Waals surface area contributed by atoms with Gasteiger partial charge < -0.3 is 14.7 Å². The molecule has 7 heteroatoms. The minimum atomic E-state index is -0.516. The van der Waals surface area contributed by atoms with E-state index in [4.69, 9.17) is 4.74 Å². The SMILES string of the molecule is CCN1/C(=C/C=C/c2sc3cc(OCC[18F])ccc3[n+]2CC[O-])Sc2ccccc21. The molecule has 4 rings (SSSR count). The van der Waals surface area contributed by atoms with Crippen LogP contribution in [0.1, 0.15) is 11.9 Å². The summed E-state index contributed by atoms with van der Waals surface area (Å²) in [5, 5.41) is 13.6. The van der Waals surface area contributed by atoms with Crippen molar-refractivity contribution in [2.75, 3.05) is 31.3 Å². The van der Waals surface area contributed by atoms with Gasteiger partial charge in [0.2, 0.25) is 5.52 Å². The molecule has 0 atom stereocenters. The fourth-order valence-electron chi connectivity index (χ4n) is 3.49. The van der Waals surface area contributed by atoms with Gasteiger partial charge in [0, 0.05) is 29.6 Å². The van der Waals surface area contributed by atoms with Crippen molar-refractivity contribution in [1.82, 2.24) is 0 Å². The highest BCUT2D eigenvalue weighted by atomic mass is 32.2. The molecule has 0 bridgehead atoms. The lowest BCUT2D eigenvalue weighted by atomic mass is 10.3. The summed E-state index contributed by atoms with van der Waals surface area (Å²) in [5.74, 6) is 0.645. The molecule has 0 saturated carbocycles. The number of ether oxygens (including phenoxy) is 1. The number of hydrogen-bond donors (Lipinski definition) is 0. The highest BCUT2D eigenvalue weighted by molar-refractivity contribution is 8.03. The van der Waals surface area contributed by atoms with E-state index in [1.165, 1.54) is 15.6 Å². The maximum absolute atomic E-state index is 12.4. The van der Waals surface area contributed by atoms with Gasteiger partial charge in [-0.2, -0.15) is 4.57 Å². The van der Waals surface area contributed by atoms with Gasteiger partial charge in [-0.25, -0.2) is 4.39 Å². The molecule has 3 aromatic rings. The summed E-state index contributed by atoms with van der Waals surface area (Å²) in [4.78, 5) is 3.57. The van der Waals surface area contributed by atoms with Crippen LogP contribution in [0.25, 0.3) is 16.3 Å². The molecule has 1 aliphatic heterocycles. The number of fused-ring (bicyclic) bond motifs is 2. The Bertz CT molecular complexity index is 1090. The Kier molecular flexibility index (Phi) is 6.72. The Hall–Kier alpha value is -2.35. The smallest absolute Gasteiger partial charge is 0.262 e. The van der Waals surface area contributed by atoms with Crippen LogP contribution in [0, 0.1) is 0 Å². The molecule has 0 fully saturated rings. The van der Waals surface area contributed by atoms with Crippen molar-refractivity contribution in [1.29, 1.82) is 0 Å². The predicted octanol–water partition coefficient (Wildman–Crippen LogP) is 4.38. The predicted molar refractivity (Wildman–Crippen MR) is 121 cm³/mol. The number of aromatic nitrogens is 1. The largest absolute Gasteiger partial charge is 0.850 e. The number of rotatable bonds is 8. The first-order valence-electron chi connectivity index (χ1n) is 9.91. The van der Waals surface area contributed by atoms with Crippen LogP contribution in [0.2, 0.25) is 0 Å².